The van der Waals surface area contributed by atoms with Crippen LogP contribution in [0.1, 0.15) is 20.8 Å². The third-order valence-corrected chi connectivity index (χ3v) is 1.39. The van der Waals surface area contributed by atoms with Crippen molar-refractivity contribution in [3.63, 3.8) is 0 Å². The summed E-state index contributed by atoms with van der Waals surface area (Å²) in [5, 5.41) is 0. The Bertz CT molecular complexity index is 174. The van der Waals surface area contributed by atoms with Crippen LogP contribution in [0.25, 0.3) is 0 Å². The third kappa shape index (κ3) is 1.53. The first-order valence-corrected chi connectivity index (χ1v) is 3.40. The van der Waals surface area contributed by atoms with E-state index >= 15 is 0 Å². The number of hydrogen-bond acceptors (Lipinski definition) is 2. The van der Waals surface area contributed by atoms with Gasteiger partial charge in [-0.1, -0.05) is 20.8 Å². The van der Waals surface area contributed by atoms with Crippen LogP contribution >= 0.6 is 0 Å². The molecule has 1 heterocycles. The molecule has 0 saturated heterocycles. The summed E-state index contributed by atoms with van der Waals surface area (Å²) < 4.78 is 0. The second-order valence-corrected chi connectivity index (χ2v) is 3.38. The minimum Gasteiger partial charge on any atom is -0.390 e. The van der Waals surface area contributed by atoms with E-state index < -0.39 is 0 Å². The lowest BCUT2D eigenvalue weighted by atomic mass is 9.92. The molecular formula is C8H13NO. The van der Waals surface area contributed by atoms with Gasteiger partial charge in [-0.15, -0.1) is 0 Å². The molecule has 1 aliphatic heterocycles. The molecular weight excluding hydrogens is 126 g/mol. The zero-order chi connectivity index (χ0) is 7.61. The van der Waals surface area contributed by atoms with Crippen LogP contribution in [0, 0.1) is 5.41 Å². The Morgan fingerprint density at radius 1 is 1.40 bits per heavy atom. The van der Waals surface area contributed by atoms with Crippen molar-refractivity contribution in [1.29, 1.82) is 0 Å². The molecule has 0 amide bonds. The molecule has 1 rings (SSSR count). The van der Waals surface area contributed by atoms with Gasteiger partial charge < -0.3 is 4.84 Å². The molecule has 0 aliphatic carbocycles. The first-order valence-electron chi connectivity index (χ1n) is 3.40. The molecule has 0 aromatic heterocycles. The average molecular weight is 139 g/mol. The van der Waals surface area contributed by atoms with Gasteiger partial charge in [-0.2, -0.15) is 0 Å². The van der Waals surface area contributed by atoms with Crippen molar-refractivity contribution >= 4 is 0 Å². The summed E-state index contributed by atoms with van der Waals surface area (Å²) in [5.41, 5.74) is 4.08. The summed E-state index contributed by atoms with van der Waals surface area (Å²) in [6.07, 6.45) is 5.52. The molecule has 2 heteroatoms. The molecule has 10 heavy (non-hydrogen) atoms. The molecule has 0 radical (unpaired) electrons. The van der Waals surface area contributed by atoms with Gasteiger partial charge in [-0.25, -0.2) is 5.48 Å². The Hall–Kier alpha value is -0.920. The molecule has 0 saturated carbocycles. The predicted octanol–water partition coefficient (Wildman–Crippen LogP) is 1.96. The van der Waals surface area contributed by atoms with Crippen molar-refractivity contribution in [2.75, 3.05) is 0 Å². The molecule has 2 nitrogen and oxygen atoms in total. The van der Waals surface area contributed by atoms with Gasteiger partial charge in [0, 0.05) is 5.41 Å². The monoisotopic (exact) mass is 139 g/mol. The molecule has 0 atom stereocenters. The SMILES string of the molecule is CC(C)(C)C1=CC=CON1. The number of nitrogens with one attached hydrogen (secondary N) is 1. The minimum atomic E-state index is 0.144. The Morgan fingerprint density at radius 3 is 2.40 bits per heavy atom. The standard InChI is InChI=1S/C8H13NO/c1-8(2,3)7-5-4-6-10-9-7/h4-6,9H,1-3H3. The molecule has 0 spiro atoms. The molecule has 0 aromatic rings. The molecule has 0 aromatic carbocycles. The lowest BCUT2D eigenvalue weighted by molar-refractivity contribution is 0.137. The molecule has 0 fully saturated rings. The fraction of sp³-hybridized carbons (Fsp3) is 0.500. The van der Waals surface area contributed by atoms with E-state index in [1.807, 2.05) is 12.2 Å². The van der Waals surface area contributed by atoms with Crippen molar-refractivity contribution in [2.24, 2.45) is 5.41 Å². The van der Waals surface area contributed by atoms with Gasteiger partial charge in [-0.3, -0.25) is 0 Å². The zero-order valence-corrected chi connectivity index (χ0v) is 6.64. The largest absolute Gasteiger partial charge is 0.390 e. The van der Waals surface area contributed by atoms with Crippen molar-refractivity contribution in [3.05, 3.63) is 24.1 Å². The van der Waals surface area contributed by atoms with E-state index in [1.54, 1.807) is 6.26 Å². The van der Waals surface area contributed by atoms with Crippen LogP contribution in [-0.4, -0.2) is 0 Å². The van der Waals surface area contributed by atoms with Gasteiger partial charge in [0.2, 0.25) is 0 Å². The summed E-state index contributed by atoms with van der Waals surface area (Å²) in [7, 11) is 0. The average Bonchev–Trinajstić information content (AvgIpc) is 1.88. The van der Waals surface area contributed by atoms with Crippen molar-refractivity contribution < 1.29 is 4.84 Å². The van der Waals surface area contributed by atoms with Crippen LogP contribution < -0.4 is 5.48 Å². The highest BCUT2D eigenvalue weighted by Gasteiger charge is 2.17. The maximum absolute atomic E-state index is 4.91. The maximum Gasteiger partial charge on any atom is 0.119 e. The normalized spacial score (nSPS) is 17.3. The molecule has 1 N–H and O–H groups in total. The van der Waals surface area contributed by atoms with E-state index in [1.165, 1.54) is 0 Å². The summed E-state index contributed by atoms with van der Waals surface area (Å²) in [6, 6.07) is 0. The lowest BCUT2D eigenvalue weighted by Crippen LogP contribution is -2.24. The molecule has 1 aliphatic rings. The first kappa shape index (κ1) is 7.19. The topological polar surface area (TPSA) is 21.3 Å². The van der Waals surface area contributed by atoms with Crippen LogP contribution in [0.15, 0.2) is 24.1 Å². The van der Waals surface area contributed by atoms with Gasteiger partial charge in [0.05, 0.1) is 5.70 Å². The van der Waals surface area contributed by atoms with E-state index in [0.717, 1.165) is 5.70 Å². The highest BCUT2D eigenvalue weighted by molar-refractivity contribution is 5.16. The smallest absolute Gasteiger partial charge is 0.119 e. The maximum atomic E-state index is 4.91. The van der Waals surface area contributed by atoms with Gasteiger partial charge in [0.15, 0.2) is 0 Å². The van der Waals surface area contributed by atoms with E-state index in [4.69, 9.17) is 4.84 Å². The van der Waals surface area contributed by atoms with Crippen LogP contribution in [0.5, 0.6) is 0 Å². The van der Waals surface area contributed by atoms with Gasteiger partial charge in [0.1, 0.15) is 6.26 Å². The Balaban J connectivity index is 2.72. The molecule has 0 unspecified atom stereocenters. The zero-order valence-electron chi connectivity index (χ0n) is 6.64. The van der Waals surface area contributed by atoms with E-state index in [2.05, 4.69) is 26.3 Å². The summed E-state index contributed by atoms with van der Waals surface area (Å²) in [5.74, 6) is 0. The van der Waals surface area contributed by atoms with Crippen molar-refractivity contribution in [2.45, 2.75) is 20.8 Å². The van der Waals surface area contributed by atoms with Crippen LogP contribution in [-0.2, 0) is 4.84 Å². The quantitative estimate of drug-likeness (QED) is 0.554. The number of hydrogen-bond donors (Lipinski definition) is 1. The van der Waals surface area contributed by atoms with Gasteiger partial charge in [0.25, 0.3) is 0 Å². The van der Waals surface area contributed by atoms with E-state index in [9.17, 15) is 0 Å². The Labute approximate surface area is 61.5 Å². The van der Waals surface area contributed by atoms with E-state index in [0.29, 0.717) is 0 Å². The first-order chi connectivity index (χ1) is 4.61. The molecule has 56 valence electrons. The van der Waals surface area contributed by atoms with E-state index in [-0.39, 0.29) is 5.41 Å². The van der Waals surface area contributed by atoms with Crippen LogP contribution in [0.3, 0.4) is 0 Å². The summed E-state index contributed by atoms with van der Waals surface area (Å²) in [6.45, 7) is 6.40. The highest BCUT2D eigenvalue weighted by atomic mass is 16.6. The minimum absolute atomic E-state index is 0.144. The highest BCUT2D eigenvalue weighted by Crippen LogP contribution is 2.23. The lowest BCUT2D eigenvalue weighted by Gasteiger charge is -2.24. The fourth-order valence-electron chi connectivity index (χ4n) is 0.709. The molecule has 0 bridgehead atoms. The number of rotatable bonds is 0. The Morgan fingerprint density at radius 2 is 2.10 bits per heavy atom. The van der Waals surface area contributed by atoms with Gasteiger partial charge in [-0.05, 0) is 12.2 Å². The van der Waals surface area contributed by atoms with Crippen LogP contribution in [0.2, 0.25) is 0 Å². The second-order valence-electron chi connectivity index (χ2n) is 3.38. The summed E-state index contributed by atoms with van der Waals surface area (Å²) in [4.78, 5) is 4.91. The number of hydroxylamine groups is 1. The van der Waals surface area contributed by atoms with Crippen molar-refractivity contribution in [1.82, 2.24) is 5.48 Å². The second kappa shape index (κ2) is 2.37. The fourth-order valence-corrected chi connectivity index (χ4v) is 0.709. The van der Waals surface area contributed by atoms with Crippen molar-refractivity contribution in [3.8, 4) is 0 Å². The third-order valence-electron chi connectivity index (χ3n) is 1.39. The summed E-state index contributed by atoms with van der Waals surface area (Å²) >= 11 is 0. The number of allylic oxidation sites excluding steroid dienone is 3. The van der Waals surface area contributed by atoms with Crippen LogP contribution in [0.4, 0.5) is 0 Å². The predicted molar refractivity (Wildman–Crippen MR) is 40.9 cm³/mol. The van der Waals surface area contributed by atoms with Gasteiger partial charge >= 0.3 is 0 Å². The Kier molecular flexibility index (Phi) is 1.70.